The summed E-state index contributed by atoms with van der Waals surface area (Å²) in [5.41, 5.74) is 3.85. The Morgan fingerprint density at radius 2 is 1.95 bits per heavy atom. The highest BCUT2D eigenvalue weighted by Gasteiger charge is 2.36. The van der Waals surface area contributed by atoms with Crippen LogP contribution in [-0.4, -0.2) is 46.6 Å². The Bertz CT molecular complexity index is 1250. The maximum atomic E-state index is 12.8. The molecule has 0 bridgehead atoms. The van der Waals surface area contributed by atoms with Crippen LogP contribution in [0.15, 0.2) is 54.3 Å². The Hall–Kier alpha value is -2.33. The van der Waals surface area contributed by atoms with Gasteiger partial charge in [0.05, 0.1) is 0 Å². The molecule has 1 aliphatic heterocycles. The number of allylic oxidation sites excluding steroid dienone is 3. The second-order valence-corrected chi connectivity index (χ2v) is 14.7. The average molecular weight is 641 g/mol. The highest BCUT2D eigenvalue weighted by Crippen LogP contribution is 2.41. The summed E-state index contributed by atoms with van der Waals surface area (Å²) >= 11 is 6.29. The van der Waals surface area contributed by atoms with Crippen LogP contribution in [0.4, 0.5) is 0 Å². The number of nitrogens with one attached hydrogen (secondary N) is 1. The summed E-state index contributed by atoms with van der Waals surface area (Å²) in [6.07, 6.45) is 14.7. The van der Waals surface area contributed by atoms with E-state index in [0.717, 1.165) is 82.0 Å². The van der Waals surface area contributed by atoms with Crippen molar-refractivity contribution < 1.29 is 13.7 Å². The Morgan fingerprint density at radius 3 is 2.59 bits per heavy atom. The SMILES string of the molecule is C=C(/C=C(\C)C(=O)NS(=O)C(C)C)N(CCc1ccc(Cl)cc1CC)CC1CCC1C(C#CCC1CCOCC1)/C=C/CC. The quantitative estimate of drug-likeness (QED) is 0.0919. The fourth-order valence-electron chi connectivity index (χ4n) is 5.90. The molecule has 4 unspecified atom stereocenters. The van der Waals surface area contributed by atoms with Crippen molar-refractivity contribution in [1.82, 2.24) is 9.62 Å². The second kappa shape index (κ2) is 18.6. The molecule has 1 aromatic carbocycles. The zero-order valence-electron chi connectivity index (χ0n) is 27.5. The van der Waals surface area contributed by atoms with E-state index < -0.39 is 11.0 Å². The van der Waals surface area contributed by atoms with Crippen LogP contribution in [0.2, 0.25) is 5.02 Å². The maximum Gasteiger partial charge on any atom is 0.258 e. The van der Waals surface area contributed by atoms with E-state index in [1.54, 1.807) is 6.92 Å². The van der Waals surface area contributed by atoms with Gasteiger partial charge in [0.2, 0.25) is 0 Å². The van der Waals surface area contributed by atoms with Gasteiger partial charge in [0, 0.05) is 60.2 Å². The summed E-state index contributed by atoms with van der Waals surface area (Å²) in [4.78, 5) is 15.1. The monoisotopic (exact) mass is 640 g/mol. The van der Waals surface area contributed by atoms with Crippen molar-refractivity contribution in [2.75, 3.05) is 26.3 Å². The molecule has 1 amide bonds. The molecule has 4 atom stereocenters. The van der Waals surface area contributed by atoms with Gasteiger partial charge in [-0.2, -0.15) is 0 Å². The van der Waals surface area contributed by atoms with Gasteiger partial charge in [-0.1, -0.05) is 56.2 Å². The van der Waals surface area contributed by atoms with E-state index >= 15 is 0 Å². The molecule has 1 aliphatic carbocycles. The Kier molecular flexibility index (Phi) is 15.3. The molecular formula is C37H53ClN2O3S. The lowest BCUT2D eigenvalue weighted by atomic mass is 9.66. The Morgan fingerprint density at radius 1 is 1.20 bits per heavy atom. The third-order valence-corrected chi connectivity index (χ3v) is 10.4. The molecule has 1 aromatic rings. The second-order valence-electron chi connectivity index (χ2n) is 12.5. The van der Waals surface area contributed by atoms with Crippen molar-refractivity contribution in [2.45, 2.75) is 91.2 Å². The van der Waals surface area contributed by atoms with Crippen LogP contribution in [0, 0.1) is 35.5 Å². The van der Waals surface area contributed by atoms with Crippen molar-refractivity contribution in [3.05, 3.63) is 70.4 Å². The van der Waals surface area contributed by atoms with Gasteiger partial charge < -0.3 is 9.64 Å². The summed E-state index contributed by atoms with van der Waals surface area (Å²) in [6.45, 7) is 17.5. The Balaban J connectivity index is 1.78. The van der Waals surface area contributed by atoms with E-state index in [-0.39, 0.29) is 17.1 Å². The van der Waals surface area contributed by atoms with Gasteiger partial charge in [0.25, 0.3) is 5.91 Å². The third-order valence-electron chi connectivity index (χ3n) is 8.94. The predicted octanol–water partition coefficient (Wildman–Crippen LogP) is 7.82. The van der Waals surface area contributed by atoms with Gasteiger partial charge in [0.15, 0.2) is 0 Å². The largest absolute Gasteiger partial charge is 0.381 e. The first-order valence-corrected chi connectivity index (χ1v) is 18.1. The number of hydrogen-bond acceptors (Lipinski definition) is 4. The number of carbonyl (C=O) groups excluding carboxylic acids is 1. The molecule has 0 radical (unpaired) electrons. The molecule has 1 N–H and O–H groups in total. The van der Waals surface area contributed by atoms with Crippen molar-refractivity contribution >= 4 is 28.5 Å². The molecule has 1 heterocycles. The van der Waals surface area contributed by atoms with Gasteiger partial charge in [-0.15, -0.1) is 5.92 Å². The van der Waals surface area contributed by atoms with Crippen LogP contribution in [-0.2, 0) is 33.4 Å². The molecule has 2 aliphatic rings. The number of halogens is 1. The molecule has 0 spiro atoms. The summed E-state index contributed by atoms with van der Waals surface area (Å²) < 4.78 is 20.4. The lowest BCUT2D eigenvalue weighted by Gasteiger charge is -2.43. The van der Waals surface area contributed by atoms with E-state index in [1.165, 1.54) is 17.5 Å². The molecule has 3 rings (SSSR count). The van der Waals surface area contributed by atoms with Crippen LogP contribution in [0.3, 0.4) is 0 Å². The van der Waals surface area contributed by atoms with Gasteiger partial charge >= 0.3 is 0 Å². The minimum absolute atomic E-state index is 0.149. The molecule has 2 fully saturated rings. The summed E-state index contributed by atoms with van der Waals surface area (Å²) in [6, 6.07) is 6.15. The van der Waals surface area contributed by atoms with Crippen molar-refractivity contribution in [2.24, 2.45) is 23.7 Å². The van der Waals surface area contributed by atoms with Gasteiger partial charge in [0.1, 0.15) is 11.0 Å². The van der Waals surface area contributed by atoms with Crippen molar-refractivity contribution in [3.63, 3.8) is 0 Å². The Labute approximate surface area is 274 Å². The summed E-state index contributed by atoms with van der Waals surface area (Å²) in [5, 5.41) is 0.611. The summed E-state index contributed by atoms with van der Waals surface area (Å²) in [5.74, 6) is 8.78. The third kappa shape index (κ3) is 11.2. The highest BCUT2D eigenvalue weighted by atomic mass is 35.5. The van der Waals surface area contributed by atoms with Gasteiger partial charge in [-0.25, -0.2) is 4.21 Å². The van der Waals surface area contributed by atoms with Crippen molar-refractivity contribution in [1.29, 1.82) is 0 Å². The lowest BCUT2D eigenvalue weighted by molar-refractivity contribution is -0.115. The number of nitrogens with zero attached hydrogens (tertiary/aromatic N) is 1. The number of ether oxygens (including phenoxy) is 1. The fourth-order valence-corrected chi connectivity index (χ4v) is 6.68. The first-order valence-electron chi connectivity index (χ1n) is 16.5. The predicted molar refractivity (Wildman–Crippen MR) is 185 cm³/mol. The minimum Gasteiger partial charge on any atom is -0.381 e. The zero-order chi connectivity index (χ0) is 32.1. The van der Waals surface area contributed by atoms with E-state index in [1.807, 2.05) is 26.0 Å². The first kappa shape index (κ1) is 36.1. The summed E-state index contributed by atoms with van der Waals surface area (Å²) in [7, 11) is -1.42. The van der Waals surface area contributed by atoms with Crippen LogP contribution >= 0.6 is 11.6 Å². The molecule has 7 heteroatoms. The van der Waals surface area contributed by atoms with Crippen LogP contribution in [0.25, 0.3) is 0 Å². The average Bonchev–Trinajstić information content (AvgIpc) is 2.99. The normalized spacial score (nSPS) is 20.5. The zero-order valence-corrected chi connectivity index (χ0v) is 29.1. The smallest absolute Gasteiger partial charge is 0.258 e. The van der Waals surface area contributed by atoms with E-state index in [4.69, 9.17) is 16.3 Å². The number of aryl methyl sites for hydroxylation is 1. The maximum absolute atomic E-state index is 12.8. The van der Waals surface area contributed by atoms with E-state index in [0.29, 0.717) is 23.3 Å². The topological polar surface area (TPSA) is 58.6 Å². The van der Waals surface area contributed by atoms with Gasteiger partial charge in [-0.3, -0.25) is 9.52 Å². The first-order chi connectivity index (χ1) is 21.1. The molecule has 1 saturated heterocycles. The van der Waals surface area contributed by atoms with Crippen LogP contribution in [0.5, 0.6) is 0 Å². The molecule has 242 valence electrons. The lowest BCUT2D eigenvalue weighted by Crippen LogP contribution is -2.41. The minimum atomic E-state index is -1.42. The van der Waals surface area contributed by atoms with Gasteiger partial charge in [-0.05, 0) is 113 Å². The molecule has 1 saturated carbocycles. The van der Waals surface area contributed by atoms with E-state index in [9.17, 15) is 9.00 Å². The number of benzene rings is 1. The molecule has 0 aromatic heterocycles. The molecule has 44 heavy (non-hydrogen) atoms. The number of amides is 1. The molecular weight excluding hydrogens is 588 g/mol. The highest BCUT2D eigenvalue weighted by molar-refractivity contribution is 7.84. The number of rotatable bonds is 15. The van der Waals surface area contributed by atoms with Crippen LogP contribution < -0.4 is 4.72 Å². The van der Waals surface area contributed by atoms with Crippen LogP contribution in [0.1, 0.15) is 84.3 Å². The molecule has 5 nitrogen and oxygen atoms in total. The number of carbonyl (C=O) groups is 1. The van der Waals surface area contributed by atoms with Crippen molar-refractivity contribution in [3.8, 4) is 11.8 Å². The van der Waals surface area contributed by atoms with E-state index in [2.05, 4.69) is 66.2 Å². The number of hydrogen-bond donors (Lipinski definition) is 1. The standard InChI is InChI=1S/C37H53ClN2O3S/c1-7-9-12-33(13-10-11-30-19-22-43-23-20-30)36-17-15-34(36)26-40(21-18-32-14-16-35(38)25-31(32)8-2)29(6)24-28(5)37(41)39-44(42)27(3)4/h9,12,14,16,24-25,27,30,33-34,36H,6-8,11,15,17-23,26H2,1-5H3,(H,39,41)/b12-9+,28-24+. The fraction of sp³-hybridized carbons (Fsp3) is 0.595.